The lowest BCUT2D eigenvalue weighted by Gasteiger charge is -2.31. The molecule has 0 fully saturated rings. The van der Waals surface area contributed by atoms with Crippen LogP contribution in [0.5, 0.6) is 0 Å². The Bertz CT molecular complexity index is 1010. The first-order valence-electron chi connectivity index (χ1n) is 8.53. The minimum atomic E-state index is -1.28. The average molecular weight is 468 g/mol. The Hall–Kier alpha value is -2.51. The molecule has 1 unspecified atom stereocenters. The molecule has 0 saturated heterocycles. The van der Waals surface area contributed by atoms with Gasteiger partial charge in [-0.15, -0.1) is 0 Å². The van der Waals surface area contributed by atoms with Gasteiger partial charge in [0.2, 0.25) is 0 Å². The second-order valence-corrected chi connectivity index (χ2v) is 7.45. The predicted molar refractivity (Wildman–Crippen MR) is 115 cm³/mol. The third-order valence-corrected chi connectivity index (χ3v) is 6.01. The van der Waals surface area contributed by atoms with E-state index in [0.717, 1.165) is 20.4 Å². The Morgan fingerprint density at radius 2 is 1.74 bits per heavy atom. The van der Waals surface area contributed by atoms with Gasteiger partial charge in [0.15, 0.2) is 5.78 Å². The molecule has 0 bridgehead atoms. The van der Waals surface area contributed by atoms with Crippen molar-refractivity contribution in [3.63, 3.8) is 0 Å². The molecule has 134 valence electrons. The molecule has 0 saturated carbocycles. The summed E-state index contributed by atoms with van der Waals surface area (Å²) in [5.41, 5.74) is 8.51. The Balaban J connectivity index is 1.71. The summed E-state index contributed by atoms with van der Waals surface area (Å²) in [5, 5.41) is 0. The van der Waals surface area contributed by atoms with Gasteiger partial charge in [0.25, 0.3) is 0 Å². The maximum atomic E-state index is 13.2. The highest BCUT2D eigenvalue weighted by Crippen LogP contribution is 2.38. The number of halogens is 1. The SMILES string of the molecule is NC1(C(=O)c2ccccc2)C=C(OCc2ccccc2)C2=NC=CC2=C1I. The molecule has 0 amide bonds. The van der Waals surface area contributed by atoms with Crippen LogP contribution < -0.4 is 5.73 Å². The molecule has 2 N–H and O–H groups in total. The first-order chi connectivity index (χ1) is 13.1. The standard InChI is InChI=1S/C22H17IN2O2/c23-20-17-11-12-25-19(17)18(27-14-15-7-3-1-4-8-15)13-22(20,24)21(26)16-9-5-2-6-10-16/h1-13H,14,24H2. The highest BCUT2D eigenvalue weighted by Gasteiger charge is 2.43. The number of aliphatic imine (C=N–C) groups is 1. The van der Waals surface area contributed by atoms with Crippen LogP contribution in [0.15, 0.2) is 98.9 Å². The Morgan fingerprint density at radius 3 is 2.44 bits per heavy atom. The van der Waals surface area contributed by atoms with Crippen molar-refractivity contribution in [1.29, 1.82) is 0 Å². The number of fused-ring (bicyclic) bond motifs is 1. The molecule has 5 heteroatoms. The Labute approximate surface area is 171 Å². The molecule has 4 rings (SSSR count). The maximum Gasteiger partial charge on any atom is 0.191 e. The average Bonchev–Trinajstić information content (AvgIpc) is 3.21. The van der Waals surface area contributed by atoms with Crippen LogP contribution >= 0.6 is 22.6 Å². The lowest BCUT2D eigenvalue weighted by atomic mass is 9.82. The molecule has 1 aliphatic carbocycles. The summed E-state index contributed by atoms with van der Waals surface area (Å²) in [6, 6.07) is 18.9. The zero-order chi connectivity index (χ0) is 18.9. The summed E-state index contributed by atoms with van der Waals surface area (Å²) in [7, 11) is 0. The van der Waals surface area contributed by atoms with Crippen molar-refractivity contribution < 1.29 is 9.53 Å². The van der Waals surface area contributed by atoms with Crippen LogP contribution in [0.3, 0.4) is 0 Å². The molecular formula is C22H17IN2O2. The van der Waals surface area contributed by atoms with Crippen LogP contribution in [0.1, 0.15) is 15.9 Å². The van der Waals surface area contributed by atoms with Crippen LogP contribution in [0.2, 0.25) is 0 Å². The minimum absolute atomic E-state index is 0.167. The van der Waals surface area contributed by atoms with Crippen LogP contribution in [-0.2, 0) is 11.3 Å². The minimum Gasteiger partial charge on any atom is -0.487 e. The fourth-order valence-corrected chi connectivity index (χ4v) is 3.94. The molecule has 2 aromatic carbocycles. The smallest absolute Gasteiger partial charge is 0.191 e. The number of ketones is 1. The van der Waals surface area contributed by atoms with Crippen molar-refractivity contribution in [2.24, 2.45) is 10.7 Å². The van der Waals surface area contributed by atoms with Gasteiger partial charge in [0.1, 0.15) is 23.6 Å². The van der Waals surface area contributed by atoms with E-state index in [0.29, 0.717) is 17.9 Å². The van der Waals surface area contributed by atoms with Gasteiger partial charge >= 0.3 is 0 Å². The first-order valence-corrected chi connectivity index (χ1v) is 9.61. The summed E-state index contributed by atoms with van der Waals surface area (Å²) in [4.78, 5) is 17.6. The molecule has 1 aliphatic heterocycles. The van der Waals surface area contributed by atoms with Gasteiger partial charge in [0.05, 0.1) is 0 Å². The fraction of sp³-hybridized carbons (Fsp3) is 0.0909. The van der Waals surface area contributed by atoms with Crippen molar-refractivity contribution in [3.8, 4) is 0 Å². The van der Waals surface area contributed by atoms with Crippen molar-refractivity contribution in [3.05, 3.63) is 105 Å². The number of allylic oxidation sites excluding steroid dienone is 2. The topological polar surface area (TPSA) is 64.7 Å². The van der Waals surface area contributed by atoms with Gasteiger partial charge < -0.3 is 10.5 Å². The molecule has 2 aromatic rings. The number of carbonyl (C=O) groups is 1. The number of nitrogens with two attached hydrogens (primary N) is 1. The molecule has 0 spiro atoms. The first kappa shape index (κ1) is 17.9. The second-order valence-electron chi connectivity index (χ2n) is 6.37. The van der Waals surface area contributed by atoms with Crippen molar-refractivity contribution in [1.82, 2.24) is 0 Å². The van der Waals surface area contributed by atoms with Crippen LogP contribution in [0.4, 0.5) is 0 Å². The molecular weight excluding hydrogens is 451 g/mol. The highest BCUT2D eigenvalue weighted by atomic mass is 127. The molecule has 2 aliphatic rings. The quantitative estimate of drug-likeness (QED) is 0.525. The molecule has 4 nitrogen and oxygen atoms in total. The summed E-state index contributed by atoms with van der Waals surface area (Å²) in [5.74, 6) is 0.367. The Kier molecular flexibility index (Phi) is 4.80. The number of rotatable bonds is 5. The van der Waals surface area contributed by atoms with Crippen LogP contribution in [0, 0.1) is 0 Å². The molecule has 1 heterocycles. The van der Waals surface area contributed by atoms with Gasteiger partial charge in [-0.3, -0.25) is 9.79 Å². The van der Waals surface area contributed by atoms with E-state index >= 15 is 0 Å². The number of hydrogen-bond donors (Lipinski definition) is 1. The number of nitrogens with zero attached hydrogens (tertiary/aromatic N) is 1. The van der Waals surface area contributed by atoms with Crippen LogP contribution in [0.25, 0.3) is 0 Å². The summed E-state index contributed by atoms with van der Waals surface area (Å²) < 4.78 is 6.78. The largest absolute Gasteiger partial charge is 0.487 e. The molecule has 1 atom stereocenters. The Morgan fingerprint density at radius 1 is 1.07 bits per heavy atom. The van der Waals surface area contributed by atoms with E-state index in [1.54, 1.807) is 24.4 Å². The van der Waals surface area contributed by atoms with E-state index < -0.39 is 5.54 Å². The van der Waals surface area contributed by atoms with E-state index in [-0.39, 0.29) is 5.78 Å². The van der Waals surface area contributed by atoms with E-state index in [9.17, 15) is 4.79 Å². The maximum absolute atomic E-state index is 13.2. The van der Waals surface area contributed by atoms with Crippen molar-refractivity contribution in [2.75, 3.05) is 0 Å². The van der Waals surface area contributed by atoms with Gasteiger partial charge in [-0.2, -0.15) is 0 Å². The van der Waals surface area contributed by atoms with Crippen molar-refractivity contribution >= 4 is 34.1 Å². The fourth-order valence-electron chi connectivity index (χ4n) is 3.11. The van der Waals surface area contributed by atoms with Gasteiger partial charge in [-0.25, -0.2) is 0 Å². The summed E-state index contributed by atoms with van der Waals surface area (Å²) in [6.07, 6.45) is 5.28. The van der Waals surface area contributed by atoms with Gasteiger partial charge in [-0.1, -0.05) is 60.7 Å². The van der Waals surface area contributed by atoms with E-state index in [1.165, 1.54) is 0 Å². The van der Waals surface area contributed by atoms with Gasteiger partial charge in [-0.05, 0) is 40.3 Å². The van der Waals surface area contributed by atoms with Crippen molar-refractivity contribution in [2.45, 2.75) is 12.1 Å². The number of carbonyl (C=O) groups excluding carboxylic acids is 1. The second kappa shape index (κ2) is 7.25. The summed E-state index contributed by atoms with van der Waals surface area (Å²) in [6.45, 7) is 0.380. The molecule has 0 aromatic heterocycles. The molecule has 0 radical (unpaired) electrons. The lowest BCUT2D eigenvalue weighted by molar-refractivity contribution is 0.0940. The summed E-state index contributed by atoms with van der Waals surface area (Å²) >= 11 is 2.15. The monoisotopic (exact) mass is 468 g/mol. The number of ether oxygens (including phenoxy) is 1. The van der Waals surface area contributed by atoms with Gasteiger partial charge in [0, 0.05) is 20.9 Å². The number of Topliss-reactive ketones (excluding diaryl/α,β-unsaturated/α-hetero) is 1. The highest BCUT2D eigenvalue weighted by molar-refractivity contribution is 14.1. The van der Waals surface area contributed by atoms with E-state index in [1.807, 2.05) is 54.6 Å². The molecule has 27 heavy (non-hydrogen) atoms. The zero-order valence-corrected chi connectivity index (χ0v) is 16.6. The van der Waals surface area contributed by atoms with E-state index in [4.69, 9.17) is 10.5 Å². The number of hydrogen-bond acceptors (Lipinski definition) is 4. The number of benzene rings is 2. The third-order valence-electron chi connectivity index (χ3n) is 4.54. The predicted octanol–water partition coefficient (Wildman–Crippen LogP) is 4.34. The normalized spacial score (nSPS) is 20.8. The van der Waals surface area contributed by atoms with E-state index in [2.05, 4.69) is 27.6 Å². The lowest BCUT2D eigenvalue weighted by Crippen LogP contribution is -2.49. The third kappa shape index (κ3) is 3.28. The zero-order valence-electron chi connectivity index (χ0n) is 14.4. The van der Waals surface area contributed by atoms with Crippen LogP contribution in [-0.4, -0.2) is 17.0 Å².